The molecule has 118 valence electrons. The van der Waals surface area contributed by atoms with Crippen LogP contribution in [-0.4, -0.2) is 38.2 Å². The van der Waals surface area contributed by atoms with Crippen LogP contribution >= 0.6 is 11.6 Å². The molecule has 0 spiro atoms. The summed E-state index contributed by atoms with van der Waals surface area (Å²) in [6.07, 6.45) is 3.35. The summed E-state index contributed by atoms with van der Waals surface area (Å²) in [4.78, 5) is 4.25. The van der Waals surface area contributed by atoms with Gasteiger partial charge in [0.25, 0.3) is 0 Å². The third-order valence-corrected chi connectivity index (χ3v) is 4.17. The summed E-state index contributed by atoms with van der Waals surface area (Å²) < 4.78 is 7.32. The van der Waals surface area contributed by atoms with Crippen molar-refractivity contribution in [3.63, 3.8) is 0 Å². The zero-order valence-corrected chi connectivity index (χ0v) is 12.9. The second-order valence-corrected chi connectivity index (χ2v) is 5.94. The average Bonchev–Trinajstić information content (AvgIpc) is 3.16. The van der Waals surface area contributed by atoms with Crippen molar-refractivity contribution in [1.82, 2.24) is 25.3 Å². The number of hydrogen-bond donors (Lipinski definition) is 2. The highest BCUT2D eigenvalue weighted by Gasteiger charge is 2.39. The molecule has 0 amide bonds. The van der Waals surface area contributed by atoms with Gasteiger partial charge in [0.15, 0.2) is 5.76 Å². The van der Waals surface area contributed by atoms with E-state index in [1.807, 2.05) is 18.2 Å². The first-order chi connectivity index (χ1) is 11.1. The quantitative estimate of drug-likeness (QED) is 0.751. The van der Waals surface area contributed by atoms with Crippen molar-refractivity contribution < 1.29 is 9.52 Å². The lowest BCUT2D eigenvalue weighted by molar-refractivity contribution is -0.0186. The lowest BCUT2D eigenvalue weighted by atomic mass is 9.94. The normalized spacial score (nSPS) is 16.3. The summed E-state index contributed by atoms with van der Waals surface area (Å²) in [5.41, 5.74) is 0.425. The second kappa shape index (κ2) is 5.45. The molecule has 2 N–H and O–H groups in total. The van der Waals surface area contributed by atoms with Crippen LogP contribution in [0.4, 0.5) is 0 Å². The fourth-order valence-corrected chi connectivity index (χ4v) is 2.67. The molecule has 0 radical (unpaired) electrons. The van der Waals surface area contributed by atoms with Gasteiger partial charge < -0.3 is 14.8 Å². The number of halogens is 1. The molecule has 4 rings (SSSR count). The summed E-state index contributed by atoms with van der Waals surface area (Å²) in [5, 5.41) is 21.9. The zero-order chi connectivity index (χ0) is 15.9. The Morgan fingerprint density at radius 2 is 2.17 bits per heavy atom. The van der Waals surface area contributed by atoms with Gasteiger partial charge in [-0.05, 0) is 12.1 Å². The van der Waals surface area contributed by atoms with Crippen LogP contribution < -0.4 is 5.32 Å². The topological polar surface area (TPSA) is 89.0 Å². The zero-order valence-electron chi connectivity index (χ0n) is 12.1. The van der Waals surface area contributed by atoms with Crippen LogP contribution in [0.25, 0.3) is 11.3 Å². The third-order valence-electron chi connectivity index (χ3n) is 3.84. The molecule has 0 atom stereocenters. The van der Waals surface area contributed by atoms with Crippen LogP contribution in [0.5, 0.6) is 0 Å². The number of nitrogens with zero attached hydrogens (tertiary/aromatic N) is 4. The summed E-state index contributed by atoms with van der Waals surface area (Å²) in [6.45, 7) is 1.31. The monoisotopic (exact) mass is 331 g/mol. The van der Waals surface area contributed by atoms with Gasteiger partial charge in [0.1, 0.15) is 17.8 Å². The van der Waals surface area contributed by atoms with Gasteiger partial charge in [0.05, 0.1) is 17.4 Å². The van der Waals surface area contributed by atoms with Crippen molar-refractivity contribution in [2.75, 3.05) is 13.1 Å². The van der Waals surface area contributed by atoms with E-state index in [0.717, 1.165) is 5.56 Å². The molecule has 8 heteroatoms. The molecule has 1 saturated heterocycles. The fourth-order valence-electron chi connectivity index (χ4n) is 2.44. The van der Waals surface area contributed by atoms with Gasteiger partial charge in [-0.2, -0.15) is 0 Å². The van der Waals surface area contributed by atoms with Crippen molar-refractivity contribution in [2.24, 2.45) is 0 Å². The van der Waals surface area contributed by atoms with Crippen molar-refractivity contribution in [3.8, 4) is 11.3 Å². The van der Waals surface area contributed by atoms with Gasteiger partial charge >= 0.3 is 0 Å². The Labute approximate surface area is 136 Å². The molecule has 1 aromatic carbocycles. The van der Waals surface area contributed by atoms with Gasteiger partial charge in [-0.3, -0.25) is 0 Å². The Hall–Kier alpha value is -2.22. The number of β-amino-alcohol motifs (C(OH)–C–C–N with tert-alkyl or cyclic N) is 1. The van der Waals surface area contributed by atoms with Crippen molar-refractivity contribution in [2.45, 2.75) is 12.1 Å². The minimum absolute atomic E-state index is 0.334. The number of oxazole rings is 1. The maximum atomic E-state index is 10.2. The van der Waals surface area contributed by atoms with E-state index in [2.05, 4.69) is 20.6 Å². The van der Waals surface area contributed by atoms with E-state index >= 15 is 0 Å². The van der Waals surface area contributed by atoms with Crippen LogP contribution in [0.15, 0.2) is 41.1 Å². The largest absolute Gasteiger partial charge is 0.439 e. The van der Waals surface area contributed by atoms with Crippen LogP contribution in [0.3, 0.4) is 0 Å². The first-order valence-electron chi connectivity index (χ1n) is 7.17. The van der Waals surface area contributed by atoms with Gasteiger partial charge in [0.2, 0.25) is 5.89 Å². The first-order valence-corrected chi connectivity index (χ1v) is 7.55. The van der Waals surface area contributed by atoms with Crippen LogP contribution in [0.1, 0.15) is 11.6 Å². The molecule has 0 bridgehead atoms. The number of aliphatic hydroxyl groups is 1. The predicted molar refractivity (Wildman–Crippen MR) is 82.8 cm³/mol. The van der Waals surface area contributed by atoms with Crippen molar-refractivity contribution >= 4 is 11.6 Å². The Bertz CT molecular complexity index is 840. The molecule has 2 aromatic heterocycles. The maximum Gasteiger partial charge on any atom is 0.216 e. The molecule has 1 aliphatic heterocycles. The van der Waals surface area contributed by atoms with E-state index in [4.69, 9.17) is 16.0 Å². The van der Waals surface area contributed by atoms with E-state index in [9.17, 15) is 5.11 Å². The van der Waals surface area contributed by atoms with Crippen LogP contribution in [-0.2, 0) is 12.1 Å². The Morgan fingerprint density at radius 3 is 2.91 bits per heavy atom. The Balaban J connectivity index is 1.53. The van der Waals surface area contributed by atoms with E-state index in [1.165, 1.54) is 0 Å². The predicted octanol–water partition coefficient (Wildman–Crippen LogP) is 1.43. The molecule has 7 nitrogen and oxygen atoms in total. The number of hydrogen-bond acceptors (Lipinski definition) is 6. The molecule has 3 heterocycles. The molecular weight excluding hydrogens is 318 g/mol. The molecule has 3 aromatic rings. The van der Waals surface area contributed by atoms with Crippen molar-refractivity contribution in [1.29, 1.82) is 0 Å². The summed E-state index contributed by atoms with van der Waals surface area (Å²) in [6, 6.07) is 7.43. The highest BCUT2D eigenvalue weighted by atomic mass is 35.5. The number of aromatic nitrogens is 4. The lowest BCUT2D eigenvalue weighted by Crippen LogP contribution is -2.57. The van der Waals surface area contributed by atoms with Gasteiger partial charge in [0, 0.05) is 18.7 Å². The summed E-state index contributed by atoms with van der Waals surface area (Å²) in [7, 11) is 0. The van der Waals surface area contributed by atoms with E-state index in [1.54, 1.807) is 23.1 Å². The average molecular weight is 332 g/mol. The second-order valence-electron chi connectivity index (χ2n) is 5.53. The standard InChI is InChI=1S/C15H14ClN5O2/c16-11-4-2-1-3-10(11)12-5-18-14(23-12)7-21-6-13(19-20-21)15(22)8-17-9-15/h1-6,17,22H,7-9H2. The molecule has 1 aliphatic rings. The van der Waals surface area contributed by atoms with Gasteiger partial charge in [-0.1, -0.05) is 28.9 Å². The SMILES string of the molecule is OC1(c2cn(Cc3ncc(-c4ccccc4Cl)o3)nn2)CNC1. The smallest absolute Gasteiger partial charge is 0.216 e. The highest BCUT2D eigenvalue weighted by Crippen LogP contribution is 2.28. The molecule has 1 fully saturated rings. The van der Waals surface area contributed by atoms with Crippen LogP contribution in [0, 0.1) is 0 Å². The molecule has 0 saturated carbocycles. The minimum atomic E-state index is -0.919. The number of rotatable bonds is 4. The fraction of sp³-hybridized carbons (Fsp3) is 0.267. The number of nitrogens with one attached hydrogen (secondary N) is 1. The number of benzene rings is 1. The molecule has 23 heavy (non-hydrogen) atoms. The highest BCUT2D eigenvalue weighted by molar-refractivity contribution is 6.33. The third kappa shape index (κ3) is 2.63. The van der Waals surface area contributed by atoms with Crippen molar-refractivity contribution in [3.05, 3.63) is 53.3 Å². The minimum Gasteiger partial charge on any atom is -0.439 e. The maximum absolute atomic E-state index is 10.2. The van der Waals surface area contributed by atoms with E-state index in [0.29, 0.717) is 42.0 Å². The lowest BCUT2D eigenvalue weighted by Gasteiger charge is -2.35. The van der Waals surface area contributed by atoms with E-state index in [-0.39, 0.29) is 0 Å². The Morgan fingerprint density at radius 1 is 1.35 bits per heavy atom. The molecular formula is C15H14ClN5O2. The van der Waals surface area contributed by atoms with E-state index < -0.39 is 5.60 Å². The van der Waals surface area contributed by atoms with Gasteiger partial charge in [-0.15, -0.1) is 5.10 Å². The molecule has 0 aliphatic carbocycles. The summed E-state index contributed by atoms with van der Waals surface area (Å²) in [5.74, 6) is 1.10. The first kappa shape index (κ1) is 14.4. The molecule has 0 unspecified atom stereocenters. The van der Waals surface area contributed by atoms with Crippen LogP contribution in [0.2, 0.25) is 5.02 Å². The Kier molecular flexibility index (Phi) is 3.41. The van der Waals surface area contributed by atoms with Gasteiger partial charge in [-0.25, -0.2) is 9.67 Å². The summed E-state index contributed by atoms with van der Waals surface area (Å²) >= 11 is 6.16.